The summed E-state index contributed by atoms with van der Waals surface area (Å²) in [6.07, 6.45) is 3.63. The van der Waals surface area contributed by atoms with Gasteiger partial charge in [-0.25, -0.2) is 8.42 Å². The van der Waals surface area contributed by atoms with E-state index in [-0.39, 0.29) is 11.5 Å². The van der Waals surface area contributed by atoms with Crippen molar-refractivity contribution in [1.29, 1.82) is 0 Å². The van der Waals surface area contributed by atoms with E-state index in [1.807, 2.05) is 0 Å². The zero-order chi connectivity index (χ0) is 12.9. The molecular weight excluding hydrogens is 238 g/mol. The van der Waals surface area contributed by atoms with Gasteiger partial charge in [0.15, 0.2) is 9.84 Å². The van der Waals surface area contributed by atoms with Gasteiger partial charge in [0.25, 0.3) is 0 Å². The van der Waals surface area contributed by atoms with E-state index >= 15 is 0 Å². The van der Waals surface area contributed by atoms with Crippen molar-refractivity contribution < 1.29 is 8.42 Å². The Kier molecular flexibility index (Phi) is 5.14. The molecule has 2 N–H and O–H groups in total. The first-order chi connectivity index (χ1) is 8.04. The molecule has 0 atom stereocenters. The number of hydrogen-bond acceptors (Lipinski definition) is 4. The van der Waals surface area contributed by atoms with E-state index in [0.717, 1.165) is 24.1 Å². The number of hydrogen-bond donors (Lipinski definition) is 1. The Labute approximate surface area is 103 Å². The highest BCUT2D eigenvalue weighted by Crippen LogP contribution is 2.11. The van der Waals surface area contributed by atoms with Crippen LogP contribution in [0.4, 0.5) is 0 Å². The third kappa shape index (κ3) is 3.81. The molecule has 0 aromatic carbocycles. The summed E-state index contributed by atoms with van der Waals surface area (Å²) >= 11 is 0. The summed E-state index contributed by atoms with van der Waals surface area (Å²) in [5.74, 6) is 0.326. The maximum Gasteiger partial charge on any atom is 0.151 e. The Morgan fingerprint density at radius 3 is 2.65 bits per heavy atom. The Bertz CT molecular complexity index is 451. The second kappa shape index (κ2) is 6.16. The van der Waals surface area contributed by atoms with Crippen LogP contribution in [0.2, 0.25) is 0 Å². The van der Waals surface area contributed by atoms with Crippen molar-refractivity contribution in [3.05, 3.63) is 17.5 Å². The summed E-state index contributed by atoms with van der Waals surface area (Å²) in [7, 11) is -2.94. The molecule has 0 aliphatic rings. The fourth-order valence-corrected chi connectivity index (χ4v) is 2.45. The summed E-state index contributed by atoms with van der Waals surface area (Å²) in [6, 6.07) is 0. The van der Waals surface area contributed by atoms with Gasteiger partial charge < -0.3 is 5.73 Å². The highest BCUT2D eigenvalue weighted by Gasteiger charge is 2.12. The normalized spacial score (nSPS) is 11.9. The zero-order valence-corrected chi connectivity index (χ0v) is 11.3. The largest absolute Gasteiger partial charge is 0.326 e. The quantitative estimate of drug-likeness (QED) is 0.783. The van der Waals surface area contributed by atoms with Crippen LogP contribution in [0.25, 0.3) is 0 Å². The van der Waals surface area contributed by atoms with Crippen LogP contribution in [-0.4, -0.2) is 29.7 Å². The second-order valence-corrected chi connectivity index (χ2v) is 6.50. The number of aromatic nitrogens is 2. The SMILES string of the molecule is CCCc1c(CN)cnn1CCS(=O)(=O)CC. The van der Waals surface area contributed by atoms with E-state index in [1.165, 1.54) is 0 Å². The molecule has 0 saturated heterocycles. The van der Waals surface area contributed by atoms with Gasteiger partial charge in [0.1, 0.15) is 0 Å². The van der Waals surface area contributed by atoms with Crippen molar-refractivity contribution in [3.8, 4) is 0 Å². The summed E-state index contributed by atoms with van der Waals surface area (Å²) in [6.45, 7) is 4.62. The lowest BCUT2D eigenvalue weighted by Crippen LogP contribution is -2.17. The number of nitrogens with two attached hydrogens (primary N) is 1. The van der Waals surface area contributed by atoms with Crippen LogP contribution in [0.5, 0.6) is 0 Å². The first-order valence-corrected chi connectivity index (χ1v) is 7.80. The van der Waals surface area contributed by atoms with Gasteiger partial charge in [0.2, 0.25) is 0 Å². The highest BCUT2D eigenvalue weighted by molar-refractivity contribution is 7.91. The third-order valence-electron chi connectivity index (χ3n) is 2.80. The predicted octanol–water partition coefficient (Wildman–Crippen LogP) is 0.729. The molecule has 5 nitrogen and oxygen atoms in total. The molecule has 0 bridgehead atoms. The zero-order valence-electron chi connectivity index (χ0n) is 10.5. The molecule has 0 saturated carbocycles. The van der Waals surface area contributed by atoms with Crippen LogP contribution in [-0.2, 0) is 29.3 Å². The van der Waals surface area contributed by atoms with E-state index in [2.05, 4.69) is 12.0 Å². The smallest absolute Gasteiger partial charge is 0.151 e. The Hall–Kier alpha value is -0.880. The number of nitrogens with zero attached hydrogens (tertiary/aromatic N) is 2. The predicted molar refractivity (Wildman–Crippen MR) is 68.4 cm³/mol. The fourth-order valence-electron chi connectivity index (χ4n) is 1.71. The average Bonchev–Trinajstić information content (AvgIpc) is 2.70. The number of aryl methyl sites for hydroxylation is 1. The summed E-state index contributed by atoms with van der Waals surface area (Å²) in [4.78, 5) is 0. The monoisotopic (exact) mass is 259 g/mol. The Morgan fingerprint density at radius 1 is 1.41 bits per heavy atom. The average molecular weight is 259 g/mol. The second-order valence-electron chi connectivity index (χ2n) is 4.03. The van der Waals surface area contributed by atoms with Gasteiger partial charge in [-0.3, -0.25) is 4.68 Å². The Balaban J connectivity index is 2.80. The van der Waals surface area contributed by atoms with Crippen LogP contribution < -0.4 is 5.73 Å². The van der Waals surface area contributed by atoms with Gasteiger partial charge >= 0.3 is 0 Å². The minimum Gasteiger partial charge on any atom is -0.326 e. The molecule has 0 radical (unpaired) electrons. The lowest BCUT2D eigenvalue weighted by atomic mass is 10.1. The van der Waals surface area contributed by atoms with E-state index in [4.69, 9.17) is 5.73 Å². The topological polar surface area (TPSA) is 78.0 Å². The molecule has 1 heterocycles. The highest BCUT2D eigenvalue weighted by atomic mass is 32.2. The molecule has 0 spiro atoms. The van der Waals surface area contributed by atoms with Gasteiger partial charge in [0.05, 0.1) is 18.5 Å². The van der Waals surface area contributed by atoms with E-state index in [9.17, 15) is 8.42 Å². The van der Waals surface area contributed by atoms with Crippen LogP contribution in [0.1, 0.15) is 31.5 Å². The molecule has 1 rings (SSSR count). The summed E-state index contributed by atoms with van der Waals surface area (Å²) in [5.41, 5.74) is 7.72. The molecule has 1 aromatic rings. The van der Waals surface area contributed by atoms with Gasteiger partial charge in [-0.2, -0.15) is 5.10 Å². The molecule has 0 amide bonds. The molecule has 0 aliphatic carbocycles. The lowest BCUT2D eigenvalue weighted by molar-refractivity contribution is 0.572. The van der Waals surface area contributed by atoms with Gasteiger partial charge in [-0.1, -0.05) is 20.3 Å². The number of rotatable bonds is 7. The van der Waals surface area contributed by atoms with E-state index in [1.54, 1.807) is 17.8 Å². The van der Waals surface area contributed by atoms with Gasteiger partial charge in [-0.15, -0.1) is 0 Å². The molecule has 1 aromatic heterocycles. The molecule has 0 aliphatic heterocycles. The molecule has 0 unspecified atom stereocenters. The standard InChI is InChI=1S/C11H21N3O2S/c1-3-5-11-10(8-12)9-13-14(11)6-7-17(15,16)4-2/h9H,3-8,12H2,1-2H3. The van der Waals surface area contributed by atoms with E-state index < -0.39 is 9.84 Å². The van der Waals surface area contributed by atoms with Gasteiger partial charge in [0, 0.05) is 23.6 Å². The maximum atomic E-state index is 11.5. The minimum absolute atomic E-state index is 0.145. The third-order valence-corrected chi connectivity index (χ3v) is 4.48. The van der Waals surface area contributed by atoms with Crippen molar-refractivity contribution in [2.75, 3.05) is 11.5 Å². The minimum atomic E-state index is -2.94. The van der Waals surface area contributed by atoms with E-state index in [0.29, 0.717) is 13.1 Å². The number of sulfone groups is 1. The van der Waals surface area contributed by atoms with Crippen molar-refractivity contribution >= 4 is 9.84 Å². The molecular formula is C11H21N3O2S. The van der Waals surface area contributed by atoms with Crippen molar-refractivity contribution in [2.24, 2.45) is 5.73 Å². The van der Waals surface area contributed by atoms with Crippen LogP contribution in [0.3, 0.4) is 0 Å². The summed E-state index contributed by atoms with van der Waals surface area (Å²) in [5, 5.41) is 4.22. The molecule has 0 fully saturated rings. The summed E-state index contributed by atoms with van der Waals surface area (Å²) < 4.78 is 24.7. The molecule has 17 heavy (non-hydrogen) atoms. The fraction of sp³-hybridized carbons (Fsp3) is 0.727. The first-order valence-electron chi connectivity index (χ1n) is 5.98. The Morgan fingerprint density at radius 2 is 2.12 bits per heavy atom. The molecule has 6 heteroatoms. The van der Waals surface area contributed by atoms with Crippen LogP contribution >= 0.6 is 0 Å². The van der Waals surface area contributed by atoms with Crippen LogP contribution in [0.15, 0.2) is 6.20 Å². The van der Waals surface area contributed by atoms with Crippen molar-refractivity contribution in [1.82, 2.24) is 9.78 Å². The maximum absolute atomic E-state index is 11.5. The van der Waals surface area contributed by atoms with Crippen molar-refractivity contribution in [3.63, 3.8) is 0 Å². The molecule has 98 valence electrons. The lowest BCUT2D eigenvalue weighted by Gasteiger charge is -2.08. The first kappa shape index (κ1) is 14.2. The van der Waals surface area contributed by atoms with Crippen molar-refractivity contribution in [2.45, 2.75) is 39.8 Å². The van der Waals surface area contributed by atoms with Crippen LogP contribution in [0, 0.1) is 0 Å². The van der Waals surface area contributed by atoms with Gasteiger partial charge in [-0.05, 0) is 6.42 Å².